The number of aromatic amines is 1. The normalized spacial score (nSPS) is 13.0. The van der Waals surface area contributed by atoms with E-state index >= 15 is 0 Å². The van der Waals surface area contributed by atoms with Gasteiger partial charge in [0.05, 0.1) is 6.04 Å². The van der Waals surface area contributed by atoms with Crippen LogP contribution in [0.4, 0.5) is 0 Å². The van der Waals surface area contributed by atoms with Crippen LogP contribution in [0.5, 0.6) is 0 Å². The van der Waals surface area contributed by atoms with Gasteiger partial charge in [-0.15, -0.1) is 0 Å². The van der Waals surface area contributed by atoms with Gasteiger partial charge in [0.2, 0.25) is 0 Å². The largest absolute Gasteiger partial charge is 0.321 e. The third-order valence-electron chi connectivity index (χ3n) is 2.85. The Morgan fingerprint density at radius 3 is 2.41 bits per heavy atom. The summed E-state index contributed by atoms with van der Waals surface area (Å²) in [5.74, 6) is 1.79. The summed E-state index contributed by atoms with van der Waals surface area (Å²) in [5, 5.41) is 7.12. The van der Waals surface area contributed by atoms with Crippen LogP contribution < -0.4 is 5.73 Å². The molecule has 17 heavy (non-hydrogen) atoms. The molecule has 0 amide bonds. The smallest absolute Gasteiger partial charge is 0.181 e. The molecule has 4 heteroatoms. The van der Waals surface area contributed by atoms with E-state index in [4.69, 9.17) is 5.73 Å². The molecule has 1 aromatic heterocycles. The zero-order chi connectivity index (χ0) is 12.4. The minimum Gasteiger partial charge on any atom is -0.321 e. The first-order valence-corrected chi connectivity index (χ1v) is 5.83. The van der Waals surface area contributed by atoms with Crippen LogP contribution in [0.3, 0.4) is 0 Å². The standard InChI is InChI=1S/C13H18N4/c1-8(2)11(14)13-15-12(16-17-13)10-6-4-9(3)5-7-10/h4-8,11H,14H2,1-3H3,(H,15,16,17)/t11-/m0/s1. The highest BCUT2D eigenvalue weighted by atomic mass is 15.2. The number of hydrogen-bond donors (Lipinski definition) is 2. The summed E-state index contributed by atoms with van der Waals surface area (Å²) in [6, 6.07) is 8.04. The molecule has 0 spiro atoms. The van der Waals surface area contributed by atoms with E-state index in [9.17, 15) is 0 Å². The number of rotatable bonds is 3. The van der Waals surface area contributed by atoms with Crippen molar-refractivity contribution in [1.82, 2.24) is 15.2 Å². The summed E-state index contributed by atoms with van der Waals surface area (Å²) < 4.78 is 0. The van der Waals surface area contributed by atoms with Crippen molar-refractivity contribution < 1.29 is 0 Å². The molecule has 0 radical (unpaired) electrons. The molecular weight excluding hydrogens is 212 g/mol. The molecule has 0 bridgehead atoms. The van der Waals surface area contributed by atoms with Crippen LogP contribution in [-0.4, -0.2) is 15.2 Å². The second-order valence-electron chi connectivity index (χ2n) is 4.68. The van der Waals surface area contributed by atoms with Crippen molar-refractivity contribution in [1.29, 1.82) is 0 Å². The van der Waals surface area contributed by atoms with Gasteiger partial charge in [-0.3, -0.25) is 5.10 Å². The van der Waals surface area contributed by atoms with Gasteiger partial charge in [-0.25, -0.2) is 4.98 Å². The van der Waals surface area contributed by atoms with Gasteiger partial charge in [0.15, 0.2) is 5.82 Å². The molecule has 2 rings (SSSR count). The first-order valence-electron chi connectivity index (χ1n) is 5.83. The summed E-state index contributed by atoms with van der Waals surface area (Å²) in [7, 11) is 0. The molecule has 0 aliphatic carbocycles. The molecule has 4 nitrogen and oxygen atoms in total. The van der Waals surface area contributed by atoms with Crippen LogP contribution in [0.2, 0.25) is 0 Å². The maximum atomic E-state index is 6.02. The first-order chi connectivity index (χ1) is 8.08. The Labute approximate surface area is 101 Å². The van der Waals surface area contributed by atoms with Crippen molar-refractivity contribution in [3.63, 3.8) is 0 Å². The number of nitrogens with one attached hydrogen (secondary N) is 1. The zero-order valence-corrected chi connectivity index (χ0v) is 10.4. The first kappa shape index (κ1) is 11.8. The Kier molecular flexibility index (Phi) is 3.24. The number of H-pyrrole nitrogens is 1. The quantitative estimate of drug-likeness (QED) is 0.851. The number of aryl methyl sites for hydroxylation is 1. The average Bonchev–Trinajstić information content (AvgIpc) is 2.78. The Morgan fingerprint density at radius 1 is 1.18 bits per heavy atom. The van der Waals surface area contributed by atoms with Crippen LogP contribution >= 0.6 is 0 Å². The number of nitrogens with zero attached hydrogens (tertiary/aromatic N) is 2. The molecule has 3 N–H and O–H groups in total. The average molecular weight is 230 g/mol. The molecule has 0 unspecified atom stereocenters. The Balaban J connectivity index is 2.26. The van der Waals surface area contributed by atoms with Crippen LogP contribution in [0.15, 0.2) is 24.3 Å². The van der Waals surface area contributed by atoms with Gasteiger partial charge in [0, 0.05) is 5.56 Å². The lowest BCUT2D eigenvalue weighted by Crippen LogP contribution is -2.18. The lowest BCUT2D eigenvalue weighted by atomic mass is 10.1. The van der Waals surface area contributed by atoms with Gasteiger partial charge in [-0.1, -0.05) is 43.7 Å². The van der Waals surface area contributed by atoms with E-state index in [1.54, 1.807) is 0 Å². The summed E-state index contributed by atoms with van der Waals surface area (Å²) in [5.41, 5.74) is 8.25. The second kappa shape index (κ2) is 4.67. The van der Waals surface area contributed by atoms with Crippen molar-refractivity contribution in [2.24, 2.45) is 11.7 Å². The minimum atomic E-state index is -0.0956. The minimum absolute atomic E-state index is 0.0956. The van der Waals surface area contributed by atoms with E-state index in [1.165, 1.54) is 5.56 Å². The Bertz CT molecular complexity index is 484. The fourth-order valence-corrected chi connectivity index (χ4v) is 1.57. The van der Waals surface area contributed by atoms with Gasteiger partial charge in [-0.2, -0.15) is 5.10 Å². The molecule has 90 valence electrons. The van der Waals surface area contributed by atoms with Crippen molar-refractivity contribution in [2.75, 3.05) is 0 Å². The highest BCUT2D eigenvalue weighted by Gasteiger charge is 2.15. The molecule has 0 aliphatic heterocycles. The molecule has 0 saturated carbocycles. The molecule has 2 aromatic rings. The Hall–Kier alpha value is -1.68. The SMILES string of the molecule is Cc1ccc(-c2n[nH]c([C@@H](N)C(C)C)n2)cc1. The van der Waals surface area contributed by atoms with E-state index in [1.807, 2.05) is 24.3 Å². The lowest BCUT2D eigenvalue weighted by molar-refractivity contribution is 0.492. The fourth-order valence-electron chi connectivity index (χ4n) is 1.57. The number of benzene rings is 1. The van der Waals surface area contributed by atoms with Gasteiger partial charge in [-0.05, 0) is 12.8 Å². The Morgan fingerprint density at radius 2 is 1.82 bits per heavy atom. The zero-order valence-electron chi connectivity index (χ0n) is 10.4. The van der Waals surface area contributed by atoms with Crippen LogP contribution in [0.25, 0.3) is 11.4 Å². The summed E-state index contributed by atoms with van der Waals surface area (Å²) in [6.45, 7) is 6.19. The number of nitrogens with two attached hydrogens (primary N) is 1. The predicted molar refractivity (Wildman–Crippen MR) is 68.3 cm³/mol. The van der Waals surface area contributed by atoms with Crippen molar-refractivity contribution in [3.8, 4) is 11.4 Å². The van der Waals surface area contributed by atoms with Crippen LogP contribution in [-0.2, 0) is 0 Å². The third kappa shape index (κ3) is 2.53. The summed E-state index contributed by atoms with van der Waals surface area (Å²) >= 11 is 0. The molecule has 1 heterocycles. The van der Waals surface area contributed by atoms with Crippen molar-refractivity contribution in [3.05, 3.63) is 35.7 Å². The lowest BCUT2D eigenvalue weighted by Gasteiger charge is -2.11. The summed E-state index contributed by atoms with van der Waals surface area (Å²) in [6.07, 6.45) is 0. The maximum absolute atomic E-state index is 6.02. The molecule has 0 aliphatic rings. The van der Waals surface area contributed by atoms with Gasteiger partial charge < -0.3 is 5.73 Å². The molecular formula is C13H18N4. The van der Waals surface area contributed by atoms with E-state index in [2.05, 4.69) is 36.0 Å². The van der Waals surface area contributed by atoms with Crippen molar-refractivity contribution >= 4 is 0 Å². The van der Waals surface area contributed by atoms with E-state index in [-0.39, 0.29) is 6.04 Å². The third-order valence-corrected chi connectivity index (χ3v) is 2.85. The van der Waals surface area contributed by atoms with E-state index in [0.717, 1.165) is 11.4 Å². The van der Waals surface area contributed by atoms with Crippen LogP contribution in [0, 0.1) is 12.8 Å². The van der Waals surface area contributed by atoms with Crippen molar-refractivity contribution in [2.45, 2.75) is 26.8 Å². The highest BCUT2D eigenvalue weighted by molar-refractivity contribution is 5.54. The topological polar surface area (TPSA) is 67.6 Å². The molecule has 0 saturated heterocycles. The van der Waals surface area contributed by atoms with Crippen LogP contribution in [0.1, 0.15) is 31.3 Å². The molecule has 0 fully saturated rings. The highest BCUT2D eigenvalue weighted by Crippen LogP contribution is 2.19. The fraction of sp³-hybridized carbons (Fsp3) is 0.385. The predicted octanol–water partition coefficient (Wildman–Crippen LogP) is 2.44. The van der Waals surface area contributed by atoms with Gasteiger partial charge in [0.25, 0.3) is 0 Å². The molecule has 1 aromatic carbocycles. The van der Waals surface area contributed by atoms with E-state index < -0.39 is 0 Å². The van der Waals surface area contributed by atoms with Gasteiger partial charge in [0.1, 0.15) is 5.82 Å². The maximum Gasteiger partial charge on any atom is 0.181 e. The monoisotopic (exact) mass is 230 g/mol. The number of hydrogen-bond acceptors (Lipinski definition) is 3. The molecule has 1 atom stereocenters. The van der Waals surface area contributed by atoms with Gasteiger partial charge >= 0.3 is 0 Å². The summed E-state index contributed by atoms with van der Waals surface area (Å²) in [4.78, 5) is 4.44. The number of aromatic nitrogens is 3. The van der Waals surface area contributed by atoms with E-state index in [0.29, 0.717) is 11.7 Å². The second-order valence-corrected chi connectivity index (χ2v) is 4.68.